The van der Waals surface area contributed by atoms with Crippen molar-refractivity contribution in [2.75, 3.05) is 25.2 Å². The van der Waals surface area contributed by atoms with Gasteiger partial charge < -0.3 is 5.11 Å². The Morgan fingerprint density at radius 3 is 2.86 bits per heavy atom. The van der Waals surface area contributed by atoms with E-state index in [0.717, 1.165) is 17.9 Å². The average molecular weight is 325 g/mol. The van der Waals surface area contributed by atoms with E-state index in [4.69, 9.17) is 5.11 Å². The van der Waals surface area contributed by atoms with Crippen molar-refractivity contribution < 1.29 is 13.5 Å². The van der Waals surface area contributed by atoms with E-state index in [2.05, 4.69) is 11.8 Å². The molecule has 21 heavy (non-hydrogen) atoms. The van der Waals surface area contributed by atoms with E-state index < -0.39 is 10.0 Å². The van der Waals surface area contributed by atoms with Gasteiger partial charge in [-0.25, -0.2) is 8.42 Å². The summed E-state index contributed by atoms with van der Waals surface area (Å²) in [4.78, 5) is 0.245. The summed E-state index contributed by atoms with van der Waals surface area (Å²) in [6.07, 6.45) is 1.22. The van der Waals surface area contributed by atoms with Crippen molar-refractivity contribution in [2.45, 2.75) is 23.8 Å². The van der Waals surface area contributed by atoms with Gasteiger partial charge in [-0.05, 0) is 24.3 Å². The van der Waals surface area contributed by atoms with Gasteiger partial charge in [0.15, 0.2) is 0 Å². The Balaban J connectivity index is 2.34. The summed E-state index contributed by atoms with van der Waals surface area (Å²) in [5, 5.41) is 8.77. The van der Waals surface area contributed by atoms with Crippen LogP contribution >= 0.6 is 11.8 Å². The maximum Gasteiger partial charge on any atom is 0.244 e. The highest BCUT2D eigenvalue weighted by molar-refractivity contribution is 7.99. The maximum atomic E-state index is 12.8. The van der Waals surface area contributed by atoms with E-state index in [9.17, 15) is 8.42 Å². The molecule has 0 aliphatic carbocycles. The van der Waals surface area contributed by atoms with E-state index in [1.807, 2.05) is 0 Å². The largest absolute Gasteiger partial charge is 0.395 e. The molecule has 0 amide bonds. The standard InChI is InChI=1S/C15H19NO3S2/c1-16(14-9-11-20-12-14)21(18,19)15-8-3-2-6-13(15)7-4-5-10-17/h2-3,6,8,14,17H,5,9-12H2,1H3. The van der Waals surface area contributed by atoms with Gasteiger partial charge in [0.25, 0.3) is 0 Å². The van der Waals surface area contributed by atoms with Gasteiger partial charge in [-0.1, -0.05) is 24.0 Å². The number of benzene rings is 1. The molecule has 4 nitrogen and oxygen atoms in total. The van der Waals surface area contributed by atoms with Gasteiger partial charge in [0.05, 0.1) is 11.5 Å². The van der Waals surface area contributed by atoms with Crippen LogP contribution in [0.4, 0.5) is 0 Å². The molecule has 2 rings (SSSR count). The van der Waals surface area contributed by atoms with Gasteiger partial charge in [0.2, 0.25) is 10.0 Å². The maximum absolute atomic E-state index is 12.8. The van der Waals surface area contributed by atoms with E-state index in [1.165, 1.54) is 4.31 Å². The Morgan fingerprint density at radius 2 is 2.19 bits per heavy atom. The second-order valence-corrected chi connectivity index (χ2v) is 7.93. The van der Waals surface area contributed by atoms with Crippen molar-refractivity contribution >= 4 is 21.8 Å². The zero-order chi connectivity index (χ0) is 15.3. The number of hydrogen-bond donors (Lipinski definition) is 1. The number of sulfonamides is 1. The Morgan fingerprint density at radius 1 is 1.43 bits per heavy atom. The second-order valence-electron chi connectivity index (χ2n) is 4.81. The molecular weight excluding hydrogens is 306 g/mol. The van der Waals surface area contributed by atoms with Crippen LogP contribution in [0.1, 0.15) is 18.4 Å². The van der Waals surface area contributed by atoms with Crippen molar-refractivity contribution in [3.05, 3.63) is 29.8 Å². The minimum absolute atomic E-state index is 0.0267. The molecule has 1 atom stereocenters. The quantitative estimate of drug-likeness (QED) is 0.853. The van der Waals surface area contributed by atoms with Crippen molar-refractivity contribution in [1.82, 2.24) is 4.31 Å². The van der Waals surface area contributed by atoms with Crippen LogP contribution in [0, 0.1) is 11.8 Å². The summed E-state index contributed by atoms with van der Waals surface area (Å²) in [6, 6.07) is 6.83. The van der Waals surface area contributed by atoms with Gasteiger partial charge >= 0.3 is 0 Å². The Bertz CT molecular complexity index is 640. The second kappa shape index (κ2) is 7.32. The molecule has 1 heterocycles. The molecule has 1 aliphatic rings. The monoisotopic (exact) mass is 325 g/mol. The number of aliphatic hydroxyl groups is 1. The summed E-state index contributed by atoms with van der Waals surface area (Å²) in [7, 11) is -1.89. The van der Waals surface area contributed by atoms with Crippen molar-refractivity contribution in [1.29, 1.82) is 0 Å². The first-order valence-electron chi connectivity index (χ1n) is 6.82. The molecule has 1 unspecified atom stereocenters. The summed E-state index contributed by atoms with van der Waals surface area (Å²) in [5.74, 6) is 7.47. The normalized spacial score (nSPS) is 18.5. The fourth-order valence-electron chi connectivity index (χ4n) is 2.17. The zero-order valence-electron chi connectivity index (χ0n) is 11.9. The molecule has 0 radical (unpaired) electrons. The predicted octanol–water partition coefficient (Wildman–Crippen LogP) is 1.55. The molecule has 1 fully saturated rings. The fourth-order valence-corrected chi connectivity index (χ4v) is 5.06. The van der Waals surface area contributed by atoms with Crippen LogP contribution in [0.15, 0.2) is 29.2 Å². The van der Waals surface area contributed by atoms with Gasteiger partial charge in [-0.3, -0.25) is 0 Å². The molecule has 114 valence electrons. The Labute approximate surface area is 130 Å². The van der Waals surface area contributed by atoms with E-state index in [-0.39, 0.29) is 17.5 Å². The lowest BCUT2D eigenvalue weighted by molar-refractivity contribution is 0.305. The third-order valence-corrected chi connectivity index (χ3v) is 6.54. The molecule has 0 saturated carbocycles. The minimum Gasteiger partial charge on any atom is -0.395 e. The summed E-state index contributed by atoms with van der Waals surface area (Å²) in [5.41, 5.74) is 0.489. The first-order valence-corrected chi connectivity index (χ1v) is 9.41. The van der Waals surface area contributed by atoms with Gasteiger partial charge in [0.1, 0.15) is 0 Å². The van der Waals surface area contributed by atoms with Crippen LogP contribution in [0.25, 0.3) is 0 Å². The number of thioether (sulfide) groups is 1. The van der Waals surface area contributed by atoms with Crippen molar-refractivity contribution in [2.24, 2.45) is 0 Å². The highest BCUT2D eigenvalue weighted by Crippen LogP contribution is 2.27. The van der Waals surface area contributed by atoms with E-state index in [0.29, 0.717) is 12.0 Å². The van der Waals surface area contributed by atoms with Crippen molar-refractivity contribution in [3.8, 4) is 11.8 Å². The van der Waals surface area contributed by atoms with E-state index in [1.54, 1.807) is 43.1 Å². The highest BCUT2D eigenvalue weighted by atomic mass is 32.2. The van der Waals surface area contributed by atoms with Crippen LogP contribution in [0.5, 0.6) is 0 Å². The highest BCUT2D eigenvalue weighted by Gasteiger charge is 2.31. The minimum atomic E-state index is -3.54. The summed E-state index contributed by atoms with van der Waals surface area (Å²) in [6.45, 7) is -0.0267. The molecule has 6 heteroatoms. The molecule has 1 aliphatic heterocycles. The summed E-state index contributed by atoms with van der Waals surface area (Å²) < 4.78 is 27.0. The van der Waals surface area contributed by atoms with Crippen LogP contribution < -0.4 is 0 Å². The molecule has 1 aromatic carbocycles. The molecule has 0 spiro atoms. The van der Waals surface area contributed by atoms with Gasteiger partial charge in [-0.2, -0.15) is 16.1 Å². The molecule has 1 N–H and O–H groups in total. The molecule has 0 bridgehead atoms. The Kier molecular flexibility index (Phi) is 5.71. The SMILES string of the molecule is CN(C1CCSC1)S(=O)(=O)c1ccccc1C#CCCO. The number of rotatable bonds is 4. The molecular formula is C15H19NO3S2. The number of aliphatic hydroxyl groups excluding tert-OH is 1. The van der Waals surface area contributed by atoms with Crippen LogP contribution in [-0.4, -0.2) is 49.0 Å². The van der Waals surface area contributed by atoms with Crippen molar-refractivity contribution in [3.63, 3.8) is 0 Å². The lowest BCUT2D eigenvalue weighted by Crippen LogP contribution is -2.37. The fraction of sp³-hybridized carbons (Fsp3) is 0.467. The molecule has 1 aromatic rings. The number of nitrogens with zero attached hydrogens (tertiary/aromatic N) is 1. The van der Waals surface area contributed by atoms with Crippen LogP contribution in [-0.2, 0) is 10.0 Å². The first-order chi connectivity index (χ1) is 10.1. The van der Waals surface area contributed by atoms with Gasteiger partial charge in [-0.15, -0.1) is 0 Å². The van der Waals surface area contributed by atoms with Crippen LogP contribution in [0.3, 0.4) is 0 Å². The lowest BCUT2D eigenvalue weighted by atomic mass is 10.2. The van der Waals surface area contributed by atoms with E-state index >= 15 is 0 Å². The third kappa shape index (κ3) is 3.80. The third-order valence-electron chi connectivity index (χ3n) is 3.42. The zero-order valence-corrected chi connectivity index (χ0v) is 13.6. The topological polar surface area (TPSA) is 57.6 Å². The Hall–Kier alpha value is -1.00. The van der Waals surface area contributed by atoms with Gasteiger partial charge in [0, 0.05) is 30.8 Å². The average Bonchev–Trinajstić information content (AvgIpc) is 3.01. The van der Waals surface area contributed by atoms with Crippen LogP contribution in [0.2, 0.25) is 0 Å². The molecule has 0 aromatic heterocycles. The predicted molar refractivity (Wildman–Crippen MR) is 85.7 cm³/mol. The summed E-state index contributed by atoms with van der Waals surface area (Å²) >= 11 is 1.78. The lowest BCUT2D eigenvalue weighted by Gasteiger charge is -2.23. The first kappa shape index (κ1) is 16.4. The smallest absolute Gasteiger partial charge is 0.244 e. The number of hydrogen-bond acceptors (Lipinski definition) is 4. The molecule has 1 saturated heterocycles.